The number of halogens is 4. The molecule has 4 aromatic carbocycles. The zero-order chi connectivity index (χ0) is 24.2. The van der Waals surface area contributed by atoms with E-state index in [-0.39, 0.29) is 22.3 Å². The molecule has 0 unspecified atom stereocenters. The lowest BCUT2D eigenvalue weighted by molar-refractivity contribution is 0.501. The average molecular weight is 461 g/mol. The Morgan fingerprint density at radius 3 is 1.71 bits per heavy atom. The summed E-state index contributed by atoms with van der Waals surface area (Å²) in [5, 5.41) is 0. The number of benzene rings is 4. The minimum atomic E-state index is -0.907. The third kappa shape index (κ3) is 4.81. The predicted octanol–water partition coefficient (Wildman–Crippen LogP) is 9.01. The van der Waals surface area contributed by atoms with Crippen LogP contribution >= 0.6 is 0 Å². The lowest BCUT2D eigenvalue weighted by atomic mass is 9.97. The number of rotatable bonds is 6. The van der Waals surface area contributed by atoms with Gasteiger partial charge >= 0.3 is 0 Å². The molecule has 0 fully saturated rings. The maximum absolute atomic E-state index is 15.0. The van der Waals surface area contributed by atoms with Gasteiger partial charge in [0.1, 0.15) is 0 Å². The Kier molecular flexibility index (Phi) is 6.97. The van der Waals surface area contributed by atoms with Crippen LogP contribution in [0.25, 0.3) is 34.4 Å². The van der Waals surface area contributed by atoms with Crippen LogP contribution in [0.15, 0.2) is 72.8 Å². The molecule has 0 saturated heterocycles. The predicted molar refractivity (Wildman–Crippen MR) is 131 cm³/mol. The molecule has 0 atom stereocenters. The van der Waals surface area contributed by atoms with E-state index >= 15 is 0 Å². The summed E-state index contributed by atoms with van der Waals surface area (Å²) in [4.78, 5) is 0. The zero-order valence-electron chi connectivity index (χ0n) is 19.0. The van der Waals surface area contributed by atoms with Crippen LogP contribution in [0.5, 0.6) is 0 Å². The van der Waals surface area contributed by atoms with Crippen molar-refractivity contribution in [1.82, 2.24) is 0 Å². The Morgan fingerprint density at radius 2 is 1.15 bits per heavy atom. The minimum Gasteiger partial charge on any atom is -0.203 e. The van der Waals surface area contributed by atoms with Crippen LogP contribution in [0.3, 0.4) is 0 Å². The fourth-order valence-corrected chi connectivity index (χ4v) is 3.88. The molecule has 0 spiro atoms. The smallest absolute Gasteiger partial charge is 0.167 e. The Bertz CT molecular complexity index is 1330. The lowest BCUT2D eigenvalue weighted by Gasteiger charge is -2.10. The third-order valence-electron chi connectivity index (χ3n) is 5.87. The molecular formula is C30H24F4. The quantitative estimate of drug-likeness (QED) is 0.199. The molecule has 4 aromatic rings. The monoisotopic (exact) mass is 460 g/mol. The highest BCUT2D eigenvalue weighted by Gasteiger charge is 2.16. The Hall–Kier alpha value is -3.66. The van der Waals surface area contributed by atoms with E-state index in [0.717, 1.165) is 18.4 Å². The van der Waals surface area contributed by atoms with Gasteiger partial charge in [-0.2, -0.15) is 0 Å². The number of hydrogen-bond acceptors (Lipinski definition) is 0. The van der Waals surface area contributed by atoms with Crippen LogP contribution in [0, 0.1) is 30.2 Å². The summed E-state index contributed by atoms with van der Waals surface area (Å²) < 4.78 is 57.6. The maximum atomic E-state index is 15.0. The van der Waals surface area contributed by atoms with Crippen molar-refractivity contribution in [3.8, 4) is 22.3 Å². The summed E-state index contributed by atoms with van der Waals surface area (Å²) in [5.41, 5.74) is 3.78. The van der Waals surface area contributed by atoms with Crippen molar-refractivity contribution in [1.29, 1.82) is 0 Å². The van der Waals surface area contributed by atoms with Crippen molar-refractivity contribution in [2.24, 2.45) is 0 Å². The summed E-state index contributed by atoms with van der Waals surface area (Å²) in [7, 11) is 0. The van der Waals surface area contributed by atoms with E-state index in [1.165, 1.54) is 25.1 Å². The molecule has 0 N–H and O–H groups in total. The number of hydrogen-bond donors (Lipinski definition) is 0. The molecule has 172 valence electrons. The van der Waals surface area contributed by atoms with Crippen LogP contribution in [-0.2, 0) is 6.42 Å². The molecule has 0 bridgehead atoms. The van der Waals surface area contributed by atoms with Gasteiger partial charge in [-0.3, -0.25) is 0 Å². The Balaban J connectivity index is 1.57. The summed E-state index contributed by atoms with van der Waals surface area (Å²) >= 11 is 0. The molecule has 0 saturated carbocycles. The van der Waals surface area contributed by atoms with Crippen LogP contribution in [0.2, 0.25) is 0 Å². The first-order valence-electron chi connectivity index (χ1n) is 11.2. The van der Waals surface area contributed by atoms with Crippen molar-refractivity contribution in [3.05, 3.63) is 118 Å². The lowest BCUT2D eigenvalue weighted by Crippen LogP contribution is -1.94. The molecule has 0 heterocycles. The van der Waals surface area contributed by atoms with Gasteiger partial charge in [-0.05, 0) is 41.2 Å². The molecule has 34 heavy (non-hydrogen) atoms. The standard InChI is InChI=1S/C30H24F4/c1-3-4-20-6-12-22(13-7-20)25-17-18-26(30(34)29(25)33)23-14-8-21(9-15-23)10-16-24-11-5-19(2)27(31)28(24)32/h5-18H,3-4H2,1-2H3/b16-10+. The molecule has 4 heteroatoms. The molecule has 4 rings (SSSR count). The van der Waals surface area contributed by atoms with Crippen LogP contribution in [0.4, 0.5) is 17.6 Å². The highest BCUT2D eigenvalue weighted by Crippen LogP contribution is 2.32. The van der Waals surface area contributed by atoms with Crippen LogP contribution in [0.1, 0.15) is 35.6 Å². The second kappa shape index (κ2) is 10.1. The van der Waals surface area contributed by atoms with E-state index < -0.39 is 23.3 Å². The van der Waals surface area contributed by atoms with Crippen LogP contribution < -0.4 is 0 Å². The molecule has 0 aliphatic heterocycles. The molecular weight excluding hydrogens is 436 g/mol. The second-order valence-electron chi connectivity index (χ2n) is 8.29. The van der Waals surface area contributed by atoms with E-state index in [1.54, 1.807) is 42.5 Å². The number of aryl methyl sites for hydroxylation is 2. The Morgan fingerprint density at radius 1 is 0.588 bits per heavy atom. The highest BCUT2D eigenvalue weighted by atomic mass is 19.2. The van der Waals surface area contributed by atoms with Gasteiger partial charge in [0.15, 0.2) is 23.3 Å². The van der Waals surface area contributed by atoms with E-state index in [4.69, 9.17) is 0 Å². The van der Waals surface area contributed by atoms with Gasteiger partial charge in [-0.25, -0.2) is 17.6 Å². The van der Waals surface area contributed by atoms with Gasteiger partial charge < -0.3 is 0 Å². The molecule has 0 amide bonds. The van der Waals surface area contributed by atoms with Crippen molar-refractivity contribution < 1.29 is 17.6 Å². The average Bonchev–Trinajstić information content (AvgIpc) is 2.85. The van der Waals surface area contributed by atoms with E-state index in [2.05, 4.69) is 6.92 Å². The van der Waals surface area contributed by atoms with Crippen molar-refractivity contribution >= 4 is 12.2 Å². The fourth-order valence-electron chi connectivity index (χ4n) is 3.88. The largest absolute Gasteiger partial charge is 0.203 e. The molecule has 0 aliphatic rings. The highest BCUT2D eigenvalue weighted by molar-refractivity contribution is 5.74. The van der Waals surface area contributed by atoms with Crippen molar-refractivity contribution in [3.63, 3.8) is 0 Å². The maximum Gasteiger partial charge on any atom is 0.167 e. The van der Waals surface area contributed by atoms with Gasteiger partial charge in [0.05, 0.1) is 0 Å². The summed E-state index contributed by atoms with van der Waals surface area (Å²) in [6.45, 7) is 3.60. The SMILES string of the molecule is CCCc1ccc(-c2ccc(-c3ccc(/C=C/c4ccc(C)c(F)c4F)cc3)c(F)c2F)cc1. The summed E-state index contributed by atoms with van der Waals surface area (Å²) in [5.74, 6) is -3.56. The molecule has 0 aliphatic carbocycles. The van der Waals surface area contributed by atoms with Gasteiger partial charge in [-0.1, -0.05) is 98.3 Å². The van der Waals surface area contributed by atoms with E-state index in [1.807, 2.05) is 24.3 Å². The second-order valence-corrected chi connectivity index (χ2v) is 8.29. The first-order chi connectivity index (χ1) is 16.4. The molecule has 0 nitrogen and oxygen atoms in total. The van der Waals surface area contributed by atoms with Gasteiger partial charge in [-0.15, -0.1) is 0 Å². The van der Waals surface area contributed by atoms with Crippen molar-refractivity contribution in [2.75, 3.05) is 0 Å². The normalized spacial score (nSPS) is 11.4. The Labute approximate surface area is 197 Å². The van der Waals surface area contributed by atoms with E-state index in [9.17, 15) is 17.6 Å². The van der Waals surface area contributed by atoms with Crippen molar-refractivity contribution in [2.45, 2.75) is 26.7 Å². The summed E-state index contributed by atoms with van der Waals surface area (Å²) in [6.07, 6.45) is 5.08. The topological polar surface area (TPSA) is 0 Å². The minimum absolute atomic E-state index is 0.138. The molecule has 0 radical (unpaired) electrons. The van der Waals surface area contributed by atoms with Crippen LogP contribution in [-0.4, -0.2) is 0 Å². The first-order valence-corrected chi connectivity index (χ1v) is 11.2. The third-order valence-corrected chi connectivity index (χ3v) is 5.87. The van der Waals surface area contributed by atoms with Gasteiger partial charge in [0, 0.05) is 16.7 Å². The molecule has 0 aromatic heterocycles. The van der Waals surface area contributed by atoms with E-state index in [0.29, 0.717) is 16.7 Å². The van der Waals surface area contributed by atoms with Gasteiger partial charge in [0.2, 0.25) is 0 Å². The first kappa shape index (κ1) is 23.5. The zero-order valence-corrected chi connectivity index (χ0v) is 19.0. The summed E-state index contributed by atoms with van der Waals surface area (Å²) in [6, 6.07) is 20.5. The fraction of sp³-hybridized carbons (Fsp3) is 0.133. The van der Waals surface area contributed by atoms with Gasteiger partial charge in [0.25, 0.3) is 0 Å².